The van der Waals surface area contributed by atoms with Crippen molar-refractivity contribution < 1.29 is 0 Å². The van der Waals surface area contributed by atoms with E-state index in [4.69, 9.17) is 0 Å². The first kappa shape index (κ1) is 8.69. The van der Waals surface area contributed by atoms with Crippen molar-refractivity contribution in [3.63, 3.8) is 0 Å². The van der Waals surface area contributed by atoms with Crippen molar-refractivity contribution in [2.24, 2.45) is 5.92 Å². The molecule has 50 valence electrons. The standard InChI is InChI=1S/C6H14IN/c1-5(2)6(3)8-4-7/h5-6,8H,4H2,1-3H3. The van der Waals surface area contributed by atoms with Crippen LogP contribution >= 0.6 is 22.6 Å². The molecule has 8 heavy (non-hydrogen) atoms. The third-order valence-corrected chi connectivity index (χ3v) is 1.84. The van der Waals surface area contributed by atoms with Gasteiger partial charge in [0.05, 0.1) is 0 Å². The lowest BCUT2D eigenvalue weighted by molar-refractivity contribution is 0.456. The molecule has 0 radical (unpaired) electrons. The molecule has 1 unspecified atom stereocenters. The number of nitrogens with one attached hydrogen (secondary N) is 1. The smallest absolute Gasteiger partial charge is 0.0482 e. The molecular formula is C6H14IN. The number of halogens is 1. The maximum absolute atomic E-state index is 3.33. The van der Waals surface area contributed by atoms with E-state index in [1.54, 1.807) is 0 Å². The van der Waals surface area contributed by atoms with Gasteiger partial charge >= 0.3 is 0 Å². The van der Waals surface area contributed by atoms with Crippen LogP contribution in [0.2, 0.25) is 0 Å². The van der Waals surface area contributed by atoms with Crippen molar-refractivity contribution in [3.8, 4) is 0 Å². The van der Waals surface area contributed by atoms with Gasteiger partial charge in [0, 0.05) is 10.6 Å². The van der Waals surface area contributed by atoms with E-state index in [1.165, 1.54) is 0 Å². The molecule has 0 aromatic carbocycles. The molecule has 2 heteroatoms. The van der Waals surface area contributed by atoms with Crippen LogP contribution in [0.5, 0.6) is 0 Å². The highest BCUT2D eigenvalue weighted by atomic mass is 127. The van der Waals surface area contributed by atoms with E-state index in [0.29, 0.717) is 6.04 Å². The predicted molar refractivity (Wildman–Crippen MR) is 46.3 cm³/mol. The summed E-state index contributed by atoms with van der Waals surface area (Å²) in [5.74, 6) is 0.754. The van der Waals surface area contributed by atoms with Crippen LogP contribution in [0.3, 0.4) is 0 Å². The fourth-order valence-corrected chi connectivity index (χ4v) is 1.05. The second-order valence-corrected chi connectivity index (χ2v) is 3.13. The average molecular weight is 227 g/mol. The summed E-state index contributed by atoms with van der Waals surface area (Å²) >= 11 is 2.32. The van der Waals surface area contributed by atoms with Crippen LogP contribution in [0.1, 0.15) is 20.8 Å². The first-order valence-corrected chi connectivity index (χ1v) is 4.50. The molecule has 0 aliphatic heterocycles. The van der Waals surface area contributed by atoms with Crippen LogP contribution in [-0.2, 0) is 0 Å². The average Bonchev–Trinajstić information content (AvgIpc) is 1.67. The van der Waals surface area contributed by atoms with Crippen LogP contribution in [0.25, 0.3) is 0 Å². The second kappa shape index (κ2) is 4.56. The molecule has 0 aliphatic rings. The molecule has 0 bridgehead atoms. The van der Waals surface area contributed by atoms with E-state index >= 15 is 0 Å². The molecule has 1 atom stereocenters. The molecule has 0 saturated carbocycles. The highest BCUT2D eigenvalue weighted by Gasteiger charge is 2.02. The second-order valence-electron chi connectivity index (χ2n) is 2.37. The minimum atomic E-state index is 0.659. The third kappa shape index (κ3) is 3.66. The van der Waals surface area contributed by atoms with Gasteiger partial charge in [0.15, 0.2) is 0 Å². The number of rotatable bonds is 3. The molecule has 0 aliphatic carbocycles. The summed E-state index contributed by atoms with van der Waals surface area (Å²) in [5, 5.41) is 3.33. The van der Waals surface area contributed by atoms with Crippen LogP contribution in [-0.4, -0.2) is 10.6 Å². The maximum atomic E-state index is 3.33. The SMILES string of the molecule is CC(C)C(C)NCI. The van der Waals surface area contributed by atoms with Gasteiger partial charge in [-0.2, -0.15) is 0 Å². The third-order valence-electron chi connectivity index (χ3n) is 1.40. The van der Waals surface area contributed by atoms with Crippen LogP contribution < -0.4 is 5.32 Å². The Morgan fingerprint density at radius 2 is 1.88 bits per heavy atom. The minimum Gasteiger partial charge on any atom is -0.305 e. The van der Waals surface area contributed by atoms with Gasteiger partial charge in [-0.25, -0.2) is 0 Å². The summed E-state index contributed by atoms with van der Waals surface area (Å²) < 4.78 is 1.05. The fraction of sp³-hybridized carbons (Fsp3) is 1.00. The summed E-state index contributed by atoms with van der Waals surface area (Å²) in [5.41, 5.74) is 0. The lowest BCUT2D eigenvalue weighted by atomic mass is 10.1. The molecule has 0 heterocycles. The predicted octanol–water partition coefficient (Wildman–Crippen LogP) is 2.01. The first-order chi connectivity index (χ1) is 3.68. The van der Waals surface area contributed by atoms with Crippen molar-refractivity contribution >= 4 is 22.6 Å². The molecule has 0 amide bonds. The quantitative estimate of drug-likeness (QED) is 0.441. The lowest BCUT2D eigenvalue weighted by Crippen LogP contribution is -2.29. The molecule has 0 rings (SSSR count). The van der Waals surface area contributed by atoms with Gasteiger partial charge in [0.2, 0.25) is 0 Å². The Hall–Kier alpha value is 0.690. The number of hydrogen-bond acceptors (Lipinski definition) is 1. The molecule has 0 aromatic rings. The lowest BCUT2D eigenvalue weighted by Gasteiger charge is -2.14. The molecule has 1 nitrogen and oxygen atoms in total. The summed E-state index contributed by atoms with van der Waals surface area (Å²) in [6.07, 6.45) is 0. The monoisotopic (exact) mass is 227 g/mol. The largest absolute Gasteiger partial charge is 0.305 e. The molecule has 1 N–H and O–H groups in total. The Balaban J connectivity index is 3.17. The molecule has 0 fully saturated rings. The highest BCUT2D eigenvalue weighted by molar-refractivity contribution is 14.1. The van der Waals surface area contributed by atoms with Crippen LogP contribution in [0.15, 0.2) is 0 Å². The van der Waals surface area contributed by atoms with E-state index in [2.05, 4.69) is 48.7 Å². The first-order valence-electron chi connectivity index (χ1n) is 2.97. The van der Waals surface area contributed by atoms with Gasteiger partial charge < -0.3 is 5.32 Å². The Morgan fingerprint density at radius 1 is 1.38 bits per heavy atom. The van der Waals surface area contributed by atoms with E-state index in [0.717, 1.165) is 10.5 Å². The zero-order chi connectivity index (χ0) is 6.57. The number of hydrogen-bond donors (Lipinski definition) is 1. The minimum absolute atomic E-state index is 0.659. The van der Waals surface area contributed by atoms with E-state index < -0.39 is 0 Å². The molecular weight excluding hydrogens is 213 g/mol. The Kier molecular flexibility index (Phi) is 4.95. The zero-order valence-electron chi connectivity index (χ0n) is 5.74. The Bertz CT molecular complexity index is 54.5. The van der Waals surface area contributed by atoms with E-state index in [1.807, 2.05) is 0 Å². The van der Waals surface area contributed by atoms with Gasteiger partial charge in [-0.05, 0) is 12.8 Å². The fourth-order valence-electron chi connectivity index (χ4n) is 0.357. The Morgan fingerprint density at radius 3 is 2.00 bits per heavy atom. The van der Waals surface area contributed by atoms with Crippen molar-refractivity contribution in [2.75, 3.05) is 4.55 Å². The highest BCUT2D eigenvalue weighted by Crippen LogP contribution is 1.99. The van der Waals surface area contributed by atoms with Crippen molar-refractivity contribution in [1.29, 1.82) is 0 Å². The summed E-state index contributed by atoms with van der Waals surface area (Å²) in [7, 11) is 0. The van der Waals surface area contributed by atoms with Crippen LogP contribution in [0.4, 0.5) is 0 Å². The van der Waals surface area contributed by atoms with Gasteiger partial charge in [-0.15, -0.1) is 0 Å². The Labute approximate surface area is 65.4 Å². The summed E-state index contributed by atoms with van der Waals surface area (Å²) in [6.45, 7) is 6.66. The van der Waals surface area contributed by atoms with Crippen molar-refractivity contribution in [3.05, 3.63) is 0 Å². The van der Waals surface area contributed by atoms with Crippen molar-refractivity contribution in [1.82, 2.24) is 5.32 Å². The molecule has 0 aromatic heterocycles. The summed E-state index contributed by atoms with van der Waals surface area (Å²) in [4.78, 5) is 0. The number of alkyl halides is 1. The summed E-state index contributed by atoms with van der Waals surface area (Å²) in [6, 6.07) is 0.659. The van der Waals surface area contributed by atoms with Gasteiger partial charge in [0.1, 0.15) is 0 Å². The van der Waals surface area contributed by atoms with Gasteiger partial charge in [-0.1, -0.05) is 36.4 Å². The van der Waals surface area contributed by atoms with Crippen LogP contribution in [0, 0.1) is 5.92 Å². The maximum Gasteiger partial charge on any atom is 0.0482 e. The van der Waals surface area contributed by atoms with E-state index in [-0.39, 0.29) is 0 Å². The van der Waals surface area contributed by atoms with E-state index in [9.17, 15) is 0 Å². The molecule has 0 spiro atoms. The normalized spacial score (nSPS) is 14.6. The molecule has 0 saturated heterocycles. The topological polar surface area (TPSA) is 12.0 Å². The van der Waals surface area contributed by atoms with Crippen molar-refractivity contribution in [2.45, 2.75) is 26.8 Å². The van der Waals surface area contributed by atoms with Gasteiger partial charge in [0.25, 0.3) is 0 Å². The van der Waals surface area contributed by atoms with Gasteiger partial charge in [-0.3, -0.25) is 0 Å². The zero-order valence-corrected chi connectivity index (χ0v) is 7.90.